The van der Waals surface area contributed by atoms with Gasteiger partial charge in [-0.1, -0.05) is 18.2 Å². The lowest BCUT2D eigenvalue weighted by atomic mass is 10.1. The summed E-state index contributed by atoms with van der Waals surface area (Å²) in [6.45, 7) is 0.166. The van der Waals surface area contributed by atoms with Crippen molar-refractivity contribution in [2.45, 2.75) is 6.61 Å². The van der Waals surface area contributed by atoms with Crippen molar-refractivity contribution in [2.24, 2.45) is 0 Å². The Labute approximate surface area is 115 Å². The third-order valence-corrected chi connectivity index (χ3v) is 2.72. The molecule has 0 unspecified atom stereocenters. The number of nitrogens with two attached hydrogens (primary N) is 1. The van der Waals surface area contributed by atoms with E-state index in [1.807, 2.05) is 6.07 Å². The van der Waals surface area contributed by atoms with Gasteiger partial charge in [0.05, 0.1) is 11.6 Å². The molecule has 0 saturated carbocycles. The summed E-state index contributed by atoms with van der Waals surface area (Å²) in [6.07, 6.45) is 0. The zero-order valence-corrected chi connectivity index (χ0v) is 10.5. The van der Waals surface area contributed by atoms with Crippen LogP contribution >= 0.6 is 0 Å². The molecule has 0 spiro atoms. The molecule has 0 amide bonds. The van der Waals surface area contributed by atoms with Crippen molar-refractivity contribution in [1.82, 2.24) is 0 Å². The molecule has 0 bridgehead atoms. The maximum absolute atomic E-state index is 11.2. The molecule has 20 heavy (non-hydrogen) atoms. The van der Waals surface area contributed by atoms with Crippen molar-refractivity contribution in [3.05, 3.63) is 59.2 Å². The minimum atomic E-state index is -1.14. The Morgan fingerprint density at radius 3 is 2.75 bits per heavy atom. The molecule has 2 aromatic rings. The standard InChI is InChI=1S/C15H12N2O3/c16-8-10-3-1-4-11(7-10)9-20-13-6-2-5-12(17)14(13)15(18)19/h1-7H,9,17H2,(H,18,19). The number of carboxylic acids is 1. The van der Waals surface area contributed by atoms with E-state index in [0.29, 0.717) is 5.56 Å². The van der Waals surface area contributed by atoms with Gasteiger partial charge in [0.1, 0.15) is 17.9 Å². The molecule has 0 aliphatic carbocycles. The number of nitriles is 1. The number of nitrogens with zero attached hydrogens (tertiary/aromatic N) is 1. The first kappa shape index (κ1) is 13.4. The molecule has 0 aliphatic heterocycles. The number of ether oxygens (including phenoxy) is 1. The maximum atomic E-state index is 11.2. The summed E-state index contributed by atoms with van der Waals surface area (Å²) in [5, 5.41) is 17.9. The summed E-state index contributed by atoms with van der Waals surface area (Å²) in [7, 11) is 0. The van der Waals surface area contributed by atoms with Crippen LogP contribution in [0, 0.1) is 11.3 Å². The Hall–Kier alpha value is -3.00. The van der Waals surface area contributed by atoms with Crippen LogP contribution in [0.3, 0.4) is 0 Å². The molecule has 0 radical (unpaired) electrons. The van der Waals surface area contributed by atoms with Gasteiger partial charge in [-0.15, -0.1) is 0 Å². The lowest BCUT2D eigenvalue weighted by molar-refractivity contribution is 0.0693. The van der Waals surface area contributed by atoms with Crippen LogP contribution < -0.4 is 10.5 Å². The molecule has 2 aromatic carbocycles. The molecule has 5 nitrogen and oxygen atoms in total. The minimum Gasteiger partial charge on any atom is -0.488 e. The predicted molar refractivity (Wildman–Crippen MR) is 73.3 cm³/mol. The van der Waals surface area contributed by atoms with E-state index in [4.69, 9.17) is 20.8 Å². The molecule has 2 rings (SSSR count). The Morgan fingerprint density at radius 2 is 2.05 bits per heavy atom. The highest BCUT2D eigenvalue weighted by atomic mass is 16.5. The predicted octanol–water partition coefficient (Wildman–Crippen LogP) is 2.42. The van der Waals surface area contributed by atoms with Crippen LogP contribution in [0.15, 0.2) is 42.5 Å². The topological polar surface area (TPSA) is 96.3 Å². The second kappa shape index (κ2) is 5.76. The van der Waals surface area contributed by atoms with Crippen LogP contribution in [0.4, 0.5) is 5.69 Å². The Balaban J connectivity index is 2.21. The zero-order valence-electron chi connectivity index (χ0n) is 10.5. The first-order chi connectivity index (χ1) is 9.61. The highest BCUT2D eigenvalue weighted by Gasteiger charge is 2.14. The van der Waals surface area contributed by atoms with Gasteiger partial charge in [-0.2, -0.15) is 5.26 Å². The quantitative estimate of drug-likeness (QED) is 0.830. The lowest BCUT2D eigenvalue weighted by Crippen LogP contribution is -2.07. The maximum Gasteiger partial charge on any atom is 0.341 e. The summed E-state index contributed by atoms with van der Waals surface area (Å²) >= 11 is 0. The molecule has 3 N–H and O–H groups in total. The summed E-state index contributed by atoms with van der Waals surface area (Å²) in [5.41, 5.74) is 7.04. The number of anilines is 1. The summed E-state index contributed by atoms with van der Waals surface area (Å²) in [4.78, 5) is 11.2. The van der Waals surface area contributed by atoms with Crippen molar-refractivity contribution < 1.29 is 14.6 Å². The van der Waals surface area contributed by atoms with Crippen LogP contribution in [0.2, 0.25) is 0 Å². The van der Waals surface area contributed by atoms with Crippen molar-refractivity contribution in [3.63, 3.8) is 0 Å². The number of hydrogen-bond donors (Lipinski definition) is 2. The molecular weight excluding hydrogens is 256 g/mol. The van der Waals surface area contributed by atoms with E-state index in [-0.39, 0.29) is 23.6 Å². The van der Waals surface area contributed by atoms with Crippen molar-refractivity contribution >= 4 is 11.7 Å². The number of aromatic carboxylic acids is 1. The molecular formula is C15H12N2O3. The minimum absolute atomic E-state index is 0.0519. The molecule has 0 aromatic heterocycles. The second-order valence-corrected chi connectivity index (χ2v) is 4.13. The number of hydrogen-bond acceptors (Lipinski definition) is 4. The summed E-state index contributed by atoms with van der Waals surface area (Å²) in [6, 6.07) is 13.6. The van der Waals surface area contributed by atoms with Crippen LogP contribution in [0.5, 0.6) is 5.75 Å². The van der Waals surface area contributed by atoms with Crippen LogP contribution in [-0.2, 0) is 6.61 Å². The summed E-state index contributed by atoms with van der Waals surface area (Å²) < 4.78 is 5.49. The van der Waals surface area contributed by atoms with E-state index in [1.165, 1.54) is 6.07 Å². The van der Waals surface area contributed by atoms with Crippen LogP contribution in [0.1, 0.15) is 21.5 Å². The number of rotatable bonds is 4. The normalized spacial score (nSPS) is 9.75. The monoisotopic (exact) mass is 268 g/mol. The third-order valence-electron chi connectivity index (χ3n) is 2.72. The van der Waals surface area contributed by atoms with E-state index >= 15 is 0 Å². The highest BCUT2D eigenvalue weighted by molar-refractivity contribution is 5.96. The van der Waals surface area contributed by atoms with Gasteiger partial charge >= 0.3 is 5.97 Å². The van der Waals surface area contributed by atoms with E-state index < -0.39 is 5.97 Å². The SMILES string of the molecule is N#Cc1cccc(COc2cccc(N)c2C(=O)O)c1. The first-order valence-electron chi connectivity index (χ1n) is 5.85. The van der Waals surface area contributed by atoms with Crippen molar-refractivity contribution in [1.29, 1.82) is 5.26 Å². The van der Waals surface area contributed by atoms with Crippen molar-refractivity contribution in [2.75, 3.05) is 5.73 Å². The average molecular weight is 268 g/mol. The fourth-order valence-electron chi connectivity index (χ4n) is 1.79. The first-order valence-corrected chi connectivity index (χ1v) is 5.85. The number of carbonyl (C=O) groups is 1. The second-order valence-electron chi connectivity index (χ2n) is 4.13. The lowest BCUT2D eigenvalue weighted by Gasteiger charge is -2.11. The molecule has 0 atom stereocenters. The molecule has 0 heterocycles. The van der Waals surface area contributed by atoms with Gasteiger partial charge in [-0.25, -0.2) is 4.79 Å². The average Bonchev–Trinajstić information content (AvgIpc) is 2.45. The Bertz CT molecular complexity index is 690. The zero-order chi connectivity index (χ0) is 14.5. The number of nitrogen functional groups attached to an aromatic ring is 1. The van der Waals surface area contributed by atoms with Crippen LogP contribution in [0.25, 0.3) is 0 Å². The van der Waals surface area contributed by atoms with Gasteiger partial charge < -0.3 is 15.6 Å². The third kappa shape index (κ3) is 2.87. The van der Waals surface area contributed by atoms with Gasteiger partial charge in [0.25, 0.3) is 0 Å². The van der Waals surface area contributed by atoms with E-state index in [1.54, 1.807) is 36.4 Å². The smallest absolute Gasteiger partial charge is 0.341 e. The molecule has 0 aliphatic rings. The number of benzene rings is 2. The van der Waals surface area contributed by atoms with Gasteiger partial charge in [0, 0.05) is 5.69 Å². The van der Waals surface area contributed by atoms with Crippen LogP contribution in [-0.4, -0.2) is 11.1 Å². The van der Waals surface area contributed by atoms with E-state index in [9.17, 15) is 4.79 Å². The molecule has 0 saturated heterocycles. The van der Waals surface area contributed by atoms with Crippen molar-refractivity contribution in [3.8, 4) is 11.8 Å². The Morgan fingerprint density at radius 1 is 1.30 bits per heavy atom. The summed E-state index contributed by atoms with van der Waals surface area (Å²) in [5.74, 6) is -0.927. The van der Waals surface area contributed by atoms with Gasteiger partial charge in [0.15, 0.2) is 0 Å². The van der Waals surface area contributed by atoms with Gasteiger partial charge in [0.2, 0.25) is 0 Å². The van der Waals surface area contributed by atoms with E-state index in [2.05, 4.69) is 0 Å². The molecule has 5 heteroatoms. The Kier molecular flexibility index (Phi) is 3.87. The fraction of sp³-hybridized carbons (Fsp3) is 0.0667. The molecule has 100 valence electrons. The largest absolute Gasteiger partial charge is 0.488 e. The fourth-order valence-corrected chi connectivity index (χ4v) is 1.79. The van der Waals surface area contributed by atoms with Gasteiger partial charge in [-0.3, -0.25) is 0 Å². The van der Waals surface area contributed by atoms with Gasteiger partial charge in [-0.05, 0) is 29.8 Å². The number of carboxylic acid groups (broad SMARTS) is 1. The molecule has 0 fully saturated rings. The highest BCUT2D eigenvalue weighted by Crippen LogP contribution is 2.25. The van der Waals surface area contributed by atoms with E-state index in [0.717, 1.165) is 5.56 Å².